The fourth-order valence-electron chi connectivity index (χ4n) is 2.04. The van der Waals surface area contributed by atoms with Gasteiger partial charge in [0.1, 0.15) is 11.6 Å². The van der Waals surface area contributed by atoms with Crippen molar-refractivity contribution in [2.24, 2.45) is 5.73 Å². The normalized spacial score (nSPS) is 10.4. The number of rotatable bonds is 5. The van der Waals surface area contributed by atoms with Gasteiger partial charge in [-0.3, -0.25) is 0 Å². The lowest BCUT2D eigenvalue weighted by molar-refractivity contribution is 0.415. The second-order valence-electron chi connectivity index (χ2n) is 4.69. The molecule has 20 heavy (non-hydrogen) atoms. The van der Waals surface area contributed by atoms with E-state index < -0.39 is 0 Å². The van der Waals surface area contributed by atoms with Gasteiger partial charge < -0.3 is 15.4 Å². The predicted octanol–water partition coefficient (Wildman–Crippen LogP) is 2.93. The van der Waals surface area contributed by atoms with Gasteiger partial charge in [0.05, 0.1) is 7.11 Å². The zero-order valence-electron chi connectivity index (χ0n) is 11.8. The molecule has 0 saturated heterocycles. The maximum absolute atomic E-state index is 14.0. The molecular formula is C16H19FN2O. The van der Waals surface area contributed by atoms with Gasteiger partial charge in [-0.2, -0.15) is 0 Å². The minimum absolute atomic E-state index is 0.220. The van der Waals surface area contributed by atoms with Crippen molar-refractivity contribution in [3.8, 4) is 5.75 Å². The summed E-state index contributed by atoms with van der Waals surface area (Å²) < 4.78 is 19.1. The van der Waals surface area contributed by atoms with Gasteiger partial charge in [-0.15, -0.1) is 0 Å². The molecule has 0 aliphatic heterocycles. The standard InChI is InChI=1S/C16H19FN2O/c1-19(14-4-3-5-15(9-14)20-2)11-13-7-6-12(10-18)8-16(13)17/h3-9H,10-11,18H2,1-2H3. The van der Waals surface area contributed by atoms with Crippen molar-refractivity contribution < 1.29 is 9.13 Å². The molecule has 0 amide bonds. The molecule has 106 valence electrons. The van der Waals surface area contributed by atoms with Gasteiger partial charge in [0, 0.05) is 37.5 Å². The van der Waals surface area contributed by atoms with E-state index in [2.05, 4.69) is 0 Å². The summed E-state index contributed by atoms with van der Waals surface area (Å²) in [6.45, 7) is 0.840. The van der Waals surface area contributed by atoms with Gasteiger partial charge in [0.25, 0.3) is 0 Å². The van der Waals surface area contributed by atoms with Crippen molar-refractivity contribution >= 4 is 5.69 Å². The molecule has 0 aromatic heterocycles. The lowest BCUT2D eigenvalue weighted by Gasteiger charge is -2.20. The van der Waals surface area contributed by atoms with E-state index in [4.69, 9.17) is 10.5 Å². The van der Waals surface area contributed by atoms with Crippen LogP contribution in [0, 0.1) is 5.82 Å². The van der Waals surface area contributed by atoms with Gasteiger partial charge in [-0.25, -0.2) is 4.39 Å². The molecular weight excluding hydrogens is 255 g/mol. The molecule has 0 spiro atoms. The van der Waals surface area contributed by atoms with Crippen LogP contribution in [0.1, 0.15) is 11.1 Å². The van der Waals surface area contributed by atoms with E-state index in [0.29, 0.717) is 18.7 Å². The maximum Gasteiger partial charge on any atom is 0.128 e. The summed E-state index contributed by atoms with van der Waals surface area (Å²) in [7, 11) is 3.55. The van der Waals surface area contributed by atoms with Crippen LogP contribution >= 0.6 is 0 Å². The average Bonchev–Trinajstić information content (AvgIpc) is 2.49. The molecule has 0 bridgehead atoms. The summed E-state index contributed by atoms with van der Waals surface area (Å²) in [6.07, 6.45) is 0. The Balaban J connectivity index is 2.16. The number of anilines is 1. The predicted molar refractivity (Wildman–Crippen MR) is 79.4 cm³/mol. The number of hydrogen-bond acceptors (Lipinski definition) is 3. The third-order valence-corrected chi connectivity index (χ3v) is 3.25. The molecule has 0 aliphatic carbocycles. The molecule has 0 atom stereocenters. The lowest BCUT2D eigenvalue weighted by atomic mass is 10.1. The molecule has 2 N–H and O–H groups in total. The van der Waals surface area contributed by atoms with Crippen LogP contribution in [0.3, 0.4) is 0 Å². The summed E-state index contributed by atoms with van der Waals surface area (Å²) in [6, 6.07) is 12.8. The Hall–Kier alpha value is -2.07. The van der Waals surface area contributed by atoms with Crippen LogP contribution in [-0.2, 0) is 13.1 Å². The number of methoxy groups -OCH3 is 1. The van der Waals surface area contributed by atoms with Gasteiger partial charge in [-0.1, -0.05) is 18.2 Å². The van der Waals surface area contributed by atoms with Crippen LogP contribution in [0.25, 0.3) is 0 Å². The zero-order chi connectivity index (χ0) is 14.5. The Bertz CT molecular complexity index is 586. The molecule has 2 aromatic carbocycles. The van der Waals surface area contributed by atoms with Crippen LogP contribution in [-0.4, -0.2) is 14.2 Å². The summed E-state index contributed by atoms with van der Waals surface area (Å²) in [5, 5.41) is 0. The first-order valence-electron chi connectivity index (χ1n) is 6.46. The first-order chi connectivity index (χ1) is 9.63. The summed E-state index contributed by atoms with van der Waals surface area (Å²) in [4.78, 5) is 1.98. The van der Waals surface area contributed by atoms with Crippen LogP contribution in [0.15, 0.2) is 42.5 Å². The molecule has 0 radical (unpaired) electrons. The highest BCUT2D eigenvalue weighted by molar-refractivity contribution is 5.50. The molecule has 4 heteroatoms. The quantitative estimate of drug-likeness (QED) is 0.911. The van der Waals surface area contributed by atoms with E-state index in [1.165, 1.54) is 6.07 Å². The lowest BCUT2D eigenvalue weighted by Crippen LogP contribution is -2.17. The number of benzene rings is 2. The van der Waals surface area contributed by atoms with Crippen molar-refractivity contribution in [3.63, 3.8) is 0 Å². The van der Waals surface area contributed by atoms with E-state index in [1.807, 2.05) is 42.3 Å². The number of ether oxygens (including phenoxy) is 1. The molecule has 3 nitrogen and oxygen atoms in total. The Morgan fingerprint density at radius 1 is 1.20 bits per heavy atom. The Labute approximate surface area is 118 Å². The zero-order valence-corrected chi connectivity index (χ0v) is 11.8. The van der Waals surface area contributed by atoms with E-state index in [9.17, 15) is 4.39 Å². The number of nitrogens with two attached hydrogens (primary N) is 1. The van der Waals surface area contributed by atoms with Crippen LogP contribution < -0.4 is 15.4 Å². The highest BCUT2D eigenvalue weighted by Crippen LogP contribution is 2.22. The summed E-state index contributed by atoms with van der Waals surface area (Å²) >= 11 is 0. The molecule has 0 aliphatic rings. The van der Waals surface area contributed by atoms with Gasteiger partial charge in [0.15, 0.2) is 0 Å². The fourth-order valence-corrected chi connectivity index (χ4v) is 2.04. The molecule has 2 rings (SSSR count). The fraction of sp³-hybridized carbons (Fsp3) is 0.250. The summed E-state index contributed by atoms with van der Waals surface area (Å²) in [5.41, 5.74) is 7.93. The third kappa shape index (κ3) is 3.27. The average molecular weight is 274 g/mol. The number of nitrogens with zero attached hydrogens (tertiary/aromatic N) is 1. The highest BCUT2D eigenvalue weighted by atomic mass is 19.1. The first kappa shape index (κ1) is 14.3. The SMILES string of the molecule is COc1cccc(N(C)Cc2ccc(CN)cc2F)c1. The molecule has 2 aromatic rings. The third-order valence-electron chi connectivity index (χ3n) is 3.25. The molecule has 0 fully saturated rings. The second-order valence-corrected chi connectivity index (χ2v) is 4.69. The van der Waals surface area contributed by atoms with Crippen molar-refractivity contribution in [1.82, 2.24) is 0 Å². The van der Waals surface area contributed by atoms with Crippen molar-refractivity contribution in [1.29, 1.82) is 0 Å². The minimum Gasteiger partial charge on any atom is -0.497 e. The van der Waals surface area contributed by atoms with E-state index in [1.54, 1.807) is 13.2 Å². The first-order valence-corrected chi connectivity index (χ1v) is 6.46. The minimum atomic E-state index is -0.220. The smallest absolute Gasteiger partial charge is 0.128 e. The molecule has 0 heterocycles. The number of hydrogen-bond donors (Lipinski definition) is 1. The monoisotopic (exact) mass is 274 g/mol. The van der Waals surface area contributed by atoms with Crippen molar-refractivity contribution in [2.75, 3.05) is 19.1 Å². The summed E-state index contributed by atoms with van der Waals surface area (Å²) in [5.74, 6) is 0.566. The van der Waals surface area contributed by atoms with E-state index >= 15 is 0 Å². The van der Waals surface area contributed by atoms with E-state index in [0.717, 1.165) is 17.0 Å². The number of halogens is 1. The Morgan fingerprint density at radius 3 is 2.65 bits per heavy atom. The topological polar surface area (TPSA) is 38.5 Å². The van der Waals surface area contributed by atoms with Gasteiger partial charge in [0.2, 0.25) is 0 Å². The van der Waals surface area contributed by atoms with Gasteiger partial charge >= 0.3 is 0 Å². The second kappa shape index (κ2) is 6.39. The Kier molecular flexibility index (Phi) is 4.58. The van der Waals surface area contributed by atoms with Crippen LogP contribution in [0.4, 0.5) is 10.1 Å². The Morgan fingerprint density at radius 2 is 2.00 bits per heavy atom. The van der Waals surface area contributed by atoms with Crippen molar-refractivity contribution in [3.05, 3.63) is 59.4 Å². The van der Waals surface area contributed by atoms with Gasteiger partial charge in [-0.05, 0) is 23.8 Å². The van der Waals surface area contributed by atoms with Crippen molar-refractivity contribution in [2.45, 2.75) is 13.1 Å². The molecule has 0 unspecified atom stereocenters. The van der Waals surface area contributed by atoms with E-state index in [-0.39, 0.29) is 5.82 Å². The van der Waals surface area contributed by atoms with Crippen LogP contribution in [0.2, 0.25) is 0 Å². The van der Waals surface area contributed by atoms with Crippen LogP contribution in [0.5, 0.6) is 5.75 Å². The molecule has 0 saturated carbocycles. The maximum atomic E-state index is 14.0. The highest BCUT2D eigenvalue weighted by Gasteiger charge is 2.08. The largest absolute Gasteiger partial charge is 0.497 e.